The van der Waals surface area contributed by atoms with E-state index in [1.807, 2.05) is 11.0 Å². The van der Waals surface area contributed by atoms with Crippen molar-refractivity contribution in [3.63, 3.8) is 0 Å². The summed E-state index contributed by atoms with van der Waals surface area (Å²) in [5.41, 5.74) is 1.34. The monoisotopic (exact) mass is 473 g/mol. The third-order valence-corrected chi connectivity index (χ3v) is 6.89. The number of ether oxygens (including phenoxy) is 1. The van der Waals surface area contributed by atoms with E-state index in [1.54, 1.807) is 24.3 Å². The molecule has 7 heteroatoms. The Morgan fingerprint density at radius 2 is 1.93 bits per heavy atom. The second-order valence-corrected chi connectivity index (χ2v) is 10.1. The van der Waals surface area contributed by atoms with Gasteiger partial charge in [0.2, 0.25) is 0 Å². The maximum atomic E-state index is 13.1. The molecule has 2 heterocycles. The number of halogens is 2. The molecule has 2 aliphatic rings. The molecule has 0 radical (unpaired) electrons. The van der Waals surface area contributed by atoms with Crippen LogP contribution < -0.4 is 4.74 Å². The summed E-state index contributed by atoms with van der Waals surface area (Å²) in [7, 11) is 0. The van der Waals surface area contributed by atoms with Crippen molar-refractivity contribution in [1.29, 1.82) is 5.26 Å². The topological polar surface area (TPSA) is 66.2 Å². The first-order valence-electron chi connectivity index (χ1n) is 9.40. The van der Waals surface area contributed by atoms with Crippen molar-refractivity contribution < 1.29 is 9.53 Å². The zero-order chi connectivity index (χ0) is 21.1. The molecule has 1 fully saturated rings. The first-order chi connectivity index (χ1) is 13.6. The number of benzene rings is 1. The van der Waals surface area contributed by atoms with Crippen LogP contribution in [0.4, 0.5) is 0 Å². The van der Waals surface area contributed by atoms with Crippen LogP contribution >= 0.6 is 27.5 Å². The lowest BCUT2D eigenvalue weighted by Crippen LogP contribution is -2.74. The van der Waals surface area contributed by atoms with Gasteiger partial charge in [0, 0.05) is 22.9 Å². The second-order valence-electron chi connectivity index (χ2n) is 8.86. The fourth-order valence-electron chi connectivity index (χ4n) is 5.40. The van der Waals surface area contributed by atoms with Crippen LogP contribution in [0.2, 0.25) is 5.02 Å². The van der Waals surface area contributed by atoms with Gasteiger partial charge >= 0.3 is 0 Å². The van der Waals surface area contributed by atoms with E-state index in [4.69, 9.17) is 21.6 Å². The maximum absolute atomic E-state index is 13.1. The van der Waals surface area contributed by atoms with Crippen LogP contribution in [0, 0.1) is 22.2 Å². The van der Waals surface area contributed by atoms with E-state index in [0.717, 1.165) is 10.3 Å². The standard InChI is InChI=1S/C22H21BrClN3O2/c1-21(2)19(27-11-16-14(18(27)28)7-8-17(23)26-16)22(3,4)20(21)29-13-6-5-12(10-25)15(24)9-13/h5-9,19-20H,11H2,1-4H3/t19-,20-. The number of carbonyl (C=O) groups is 1. The highest BCUT2D eigenvalue weighted by Gasteiger charge is 2.67. The number of fused-ring (bicyclic) bond motifs is 1. The van der Waals surface area contributed by atoms with Gasteiger partial charge in [-0.05, 0) is 40.2 Å². The molecule has 1 aliphatic carbocycles. The Morgan fingerprint density at radius 3 is 2.55 bits per heavy atom. The predicted octanol–water partition coefficient (Wildman–Crippen LogP) is 5.21. The number of hydrogen-bond donors (Lipinski definition) is 0. The van der Waals surface area contributed by atoms with Gasteiger partial charge in [0.1, 0.15) is 22.5 Å². The number of aromatic nitrogens is 1. The van der Waals surface area contributed by atoms with Crippen molar-refractivity contribution in [2.75, 3.05) is 0 Å². The average Bonchev–Trinajstić information content (AvgIpc) is 2.94. The highest BCUT2D eigenvalue weighted by molar-refractivity contribution is 9.10. The fraction of sp³-hybridized carbons (Fsp3) is 0.409. The minimum absolute atomic E-state index is 0.00525. The van der Waals surface area contributed by atoms with E-state index in [1.165, 1.54) is 0 Å². The summed E-state index contributed by atoms with van der Waals surface area (Å²) in [5, 5.41) is 9.44. The van der Waals surface area contributed by atoms with Gasteiger partial charge in [-0.3, -0.25) is 4.79 Å². The largest absolute Gasteiger partial charge is 0.489 e. The van der Waals surface area contributed by atoms with Crippen LogP contribution in [-0.2, 0) is 6.54 Å². The van der Waals surface area contributed by atoms with Crippen molar-refractivity contribution in [3.8, 4) is 11.8 Å². The van der Waals surface area contributed by atoms with Crippen molar-refractivity contribution in [2.45, 2.75) is 46.4 Å². The molecular formula is C22H21BrClN3O2. The Morgan fingerprint density at radius 1 is 1.24 bits per heavy atom. The van der Waals surface area contributed by atoms with Crippen molar-refractivity contribution in [3.05, 3.63) is 56.8 Å². The summed E-state index contributed by atoms with van der Waals surface area (Å²) in [6.07, 6.45) is -0.125. The number of carbonyl (C=O) groups excluding carboxylic acids is 1. The summed E-state index contributed by atoms with van der Waals surface area (Å²) in [4.78, 5) is 19.5. The van der Waals surface area contributed by atoms with Gasteiger partial charge in [0.15, 0.2) is 0 Å². The van der Waals surface area contributed by atoms with E-state index in [2.05, 4.69) is 54.7 Å². The molecule has 4 rings (SSSR count). The van der Waals surface area contributed by atoms with Crippen molar-refractivity contribution >= 4 is 33.4 Å². The van der Waals surface area contributed by atoms with Crippen molar-refractivity contribution in [1.82, 2.24) is 9.88 Å². The van der Waals surface area contributed by atoms with Crippen LogP contribution in [-0.4, -0.2) is 27.9 Å². The van der Waals surface area contributed by atoms with Crippen LogP contribution in [0.5, 0.6) is 5.75 Å². The minimum Gasteiger partial charge on any atom is -0.489 e. The molecule has 0 bridgehead atoms. The van der Waals surface area contributed by atoms with E-state index >= 15 is 0 Å². The zero-order valence-electron chi connectivity index (χ0n) is 16.7. The van der Waals surface area contributed by atoms with Gasteiger partial charge in [-0.1, -0.05) is 39.3 Å². The molecule has 2 aromatic rings. The minimum atomic E-state index is -0.279. The van der Waals surface area contributed by atoms with E-state index in [-0.39, 0.29) is 28.9 Å². The molecule has 0 atom stereocenters. The number of amides is 1. The summed E-state index contributed by atoms with van der Waals surface area (Å²) in [6, 6.07) is 10.8. The molecule has 150 valence electrons. The summed E-state index contributed by atoms with van der Waals surface area (Å²) in [6.45, 7) is 8.99. The van der Waals surface area contributed by atoms with Gasteiger partial charge in [-0.25, -0.2) is 4.98 Å². The zero-order valence-corrected chi connectivity index (χ0v) is 19.0. The van der Waals surface area contributed by atoms with Gasteiger partial charge in [-0.2, -0.15) is 5.26 Å². The summed E-state index contributed by atoms with van der Waals surface area (Å²) >= 11 is 9.55. The molecule has 0 saturated heterocycles. The number of pyridine rings is 1. The Hall–Kier alpha value is -2.10. The lowest BCUT2D eigenvalue weighted by Gasteiger charge is -2.65. The SMILES string of the molecule is CC1(C)[C@H](Oc2ccc(C#N)c(Cl)c2)C(C)(C)[C@H]1N1Cc2nc(Br)ccc2C1=O. The smallest absolute Gasteiger partial charge is 0.256 e. The summed E-state index contributed by atoms with van der Waals surface area (Å²) in [5.74, 6) is 0.645. The molecule has 1 saturated carbocycles. The Bertz CT molecular complexity index is 1040. The summed E-state index contributed by atoms with van der Waals surface area (Å²) < 4.78 is 7.06. The van der Waals surface area contributed by atoms with Crippen LogP contribution in [0.25, 0.3) is 0 Å². The fourth-order valence-corrected chi connectivity index (χ4v) is 5.96. The van der Waals surface area contributed by atoms with Gasteiger partial charge in [0.25, 0.3) is 5.91 Å². The molecular weight excluding hydrogens is 454 g/mol. The molecule has 5 nitrogen and oxygen atoms in total. The highest BCUT2D eigenvalue weighted by Crippen LogP contribution is 2.59. The quantitative estimate of drug-likeness (QED) is 0.573. The van der Waals surface area contributed by atoms with Crippen LogP contribution in [0.1, 0.15) is 49.3 Å². The third kappa shape index (κ3) is 3.03. The van der Waals surface area contributed by atoms with Crippen LogP contribution in [0.15, 0.2) is 34.9 Å². The highest BCUT2D eigenvalue weighted by atomic mass is 79.9. The number of nitrogens with zero attached hydrogens (tertiary/aromatic N) is 3. The molecule has 1 amide bonds. The van der Waals surface area contributed by atoms with Crippen molar-refractivity contribution in [2.24, 2.45) is 10.8 Å². The Balaban J connectivity index is 1.60. The number of hydrogen-bond acceptors (Lipinski definition) is 4. The normalized spacial score (nSPS) is 23.9. The predicted molar refractivity (Wildman–Crippen MR) is 114 cm³/mol. The molecule has 29 heavy (non-hydrogen) atoms. The van der Waals surface area contributed by atoms with E-state index < -0.39 is 0 Å². The number of nitriles is 1. The van der Waals surface area contributed by atoms with Crippen LogP contribution in [0.3, 0.4) is 0 Å². The Kier molecular flexibility index (Phi) is 4.67. The molecule has 0 unspecified atom stereocenters. The lowest BCUT2D eigenvalue weighted by molar-refractivity contribution is -0.199. The second kappa shape index (κ2) is 6.72. The average molecular weight is 475 g/mol. The first-order valence-corrected chi connectivity index (χ1v) is 10.6. The van der Waals surface area contributed by atoms with Gasteiger partial charge in [-0.15, -0.1) is 0 Å². The van der Waals surface area contributed by atoms with E-state index in [0.29, 0.717) is 28.4 Å². The maximum Gasteiger partial charge on any atom is 0.256 e. The van der Waals surface area contributed by atoms with Gasteiger partial charge in [0.05, 0.1) is 28.4 Å². The molecule has 0 N–H and O–H groups in total. The lowest BCUT2D eigenvalue weighted by atomic mass is 9.49. The van der Waals surface area contributed by atoms with E-state index in [9.17, 15) is 4.79 Å². The van der Waals surface area contributed by atoms with Gasteiger partial charge < -0.3 is 9.64 Å². The Labute approximate surface area is 183 Å². The molecule has 1 aliphatic heterocycles. The molecule has 1 aromatic carbocycles. The molecule has 0 spiro atoms. The molecule has 1 aromatic heterocycles. The number of rotatable bonds is 3. The first kappa shape index (κ1) is 20.2. The third-order valence-electron chi connectivity index (χ3n) is 6.14.